The minimum absolute atomic E-state index is 0.0527. The smallest absolute Gasteiger partial charge is 0.338 e. The highest BCUT2D eigenvalue weighted by atomic mass is 35.5. The predicted octanol–water partition coefficient (Wildman–Crippen LogP) is 1.73. The molecule has 0 aliphatic rings. The molecule has 1 atom stereocenters. The maximum Gasteiger partial charge on any atom is 0.338 e. The predicted molar refractivity (Wildman–Crippen MR) is 92.4 cm³/mol. The number of hydrogen-bond acceptors (Lipinski definition) is 7. The zero-order valence-corrected chi connectivity index (χ0v) is 15.6. The summed E-state index contributed by atoms with van der Waals surface area (Å²) in [5, 5.41) is 5.97. The van der Waals surface area contributed by atoms with Crippen molar-refractivity contribution in [2.24, 2.45) is 0 Å². The van der Waals surface area contributed by atoms with Crippen LogP contribution in [0.4, 0.5) is 5.82 Å². The van der Waals surface area contributed by atoms with Crippen molar-refractivity contribution in [3.8, 4) is 0 Å². The summed E-state index contributed by atoms with van der Waals surface area (Å²) in [4.78, 5) is 23.9. The number of carbonyl (C=O) groups excluding carboxylic acids is 2. The normalized spacial score (nSPS) is 12.5. The number of amides is 1. The van der Waals surface area contributed by atoms with E-state index in [1.165, 1.54) is 32.2 Å². The van der Waals surface area contributed by atoms with Crippen LogP contribution >= 0.6 is 11.6 Å². The lowest BCUT2D eigenvalue weighted by molar-refractivity contribution is -0.123. The third-order valence-electron chi connectivity index (χ3n) is 3.26. The summed E-state index contributed by atoms with van der Waals surface area (Å²) in [5.74, 6) is -0.814. The van der Waals surface area contributed by atoms with Crippen LogP contribution in [0.2, 0.25) is 5.02 Å². The van der Waals surface area contributed by atoms with Gasteiger partial charge in [-0.3, -0.25) is 4.79 Å². The van der Waals surface area contributed by atoms with Crippen LogP contribution in [0.15, 0.2) is 33.7 Å². The SMILES string of the molecule is CNS(=O)(=O)c1cc(C(=O)O[C@@H](C)C(=O)Nc2cc(C)on2)ccc1Cl. The number of aryl methyl sites for hydroxylation is 1. The largest absolute Gasteiger partial charge is 0.449 e. The van der Waals surface area contributed by atoms with Crippen molar-refractivity contribution in [1.82, 2.24) is 9.88 Å². The fourth-order valence-corrected chi connectivity index (χ4v) is 3.13. The van der Waals surface area contributed by atoms with Crippen molar-refractivity contribution in [2.75, 3.05) is 12.4 Å². The van der Waals surface area contributed by atoms with E-state index in [9.17, 15) is 18.0 Å². The number of benzene rings is 1. The van der Waals surface area contributed by atoms with Crippen LogP contribution in [-0.2, 0) is 19.6 Å². The lowest BCUT2D eigenvalue weighted by atomic mass is 10.2. The highest BCUT2D eigenvalue weighted by Gasteiger charge is 2.23. The van der Waals surface area contributed by atoms with Gasteiger partial charge in [-0.2, -0.15) is 0 Å². The van der Waals surface area contributed by atoms with Crippen molar-refractivity contribution in [3.05, 3.63) is 40.6 Å². The number of rotatable bonds is 6. The van der Waals surface area contributed by atoms with E-state index in [0.29, 0.717) is 5.76 Å². The van der Waals surface area contributed by atoms with Crippen LogP contribution in [0.1, 0.15) is 23.0 Å². The summed E-state index contributed by atoms with van der Waals surface area (Å²) in [5.41, 5.74) is -0.0693. The van der Waals surface area contributed by atoms with Gasteiger partial charge in [0.2, 0.25) is 10.0 Å². The maximum atomic E-state index is 12.2. The molecule has 1 amide bonds. The van der Waals surface area contributed by atoms with E-state index in [1.54, 1.807) is 6.92 Å². The lowest BCUT2D eigenvalue weighted by Gasteiger charge is -2.13. The summed E-state index contributed by atoms with van der Waals surface area (Å²) in [6.07, 6.45) is -1.15. The van der Waals surface area contributed by atoms with Crippen molar-refractivity contribution in [2.45, 2.75) is 24.8 Å². The molecular formula is C15H16ClN3O6S. The molecule has 0 radical (unpaired) electrons. The van der Waals surface area contributed by atoms with E-state index in [1.807, 2.05) is 0 Å². The molecule has 0 unspecified atom stereocenters. The number of ether oxygens (including phenoxy) is 1. The van der Waals surface area contributed by atoms with Gasteiger partial charge in [-0.05, 0) is 39.1 Å². The van der Waals surface area contributed by atoms with E-state index in [4.69, 9.17) is 20.9 Å². The van der Waals surface area contributed by atoms with Crippen LogP contribution in [0, 0.1) is 6.92 Å². The molecule has 140 valence electrons. The molecule has 2 rings (SSSR count). The quantitative estimate of drug-likeness (QED) is 0.705. The van der Waals surface area contributed by atoms with Gasteiger partial charge in [-0.25, -0.2) is 17.9 Å². The van der Waals surface area contributed by atoms with E-state index in [2.05, 4.69) is 15.2 Å². The Morgan fingerprint density at radius 1 is 1.31 bits per heavy atom. The summed E-state index contributed by atoms with van der Waals surface area (Å²) < 4.78 is 35.8. The van der Waals surface area contributed by atoms with E-state index < -0.39 is 28.0 Å². The Labute approximate surface area is 154 Å². The number of nitrogens with one attached hydrogen (secondary N) is 2. The third kappa shape index (κ3) is 4.59. The molecule has 26 heavy (non-hydrogen) atoms. The minimum atomic E-state index is -3.86. The average Bonchev–Trinajstić information content (AvgIpc) is 2.99. The molecule has 0 fully saturated rings. The van der Waals surface area contributed by atoms with Gasteiger partial charge < -0.3 is 14.6 Å². The van der Waals surface area contributed by atoms with Gasteiger partial charge in [0.1, 0.15) is 10.7 Å². The Bertz CT molecular complexity index is 941. The number of hydrogen-bond donors (Lipinski definition) is 2. The van der Waals surface area contributed by atoms with Gasteiger partial charge in [0.05, 0.1) is 10.6 Å². The molecule has 0 spiro atoms. The second kappa shape index (κ2) is 7.85. The molecular weight excluding hydrogens is 386 g/mol. The Morgan fingerprint density at radius 2 is 2.00 bits per heavy atom. The average molecular weight is 402 g/mol. The van der Waals surface area contributed by atoms with E-state index >= 15 is 0 Å². The molecule has 0 bridgehead atoms. The second-order valence-electron chi connectivity index (χ2n) is 5.21. The zero-order valence-electron chi connectivity index (χ0n) is 14.1. The van der Waals surface area contributed by atoms with Gasteiger partial charge in [0.25, 0.3) is 5.91 Å². The summed E-state index contributed by atoms with van der Waals surface area (Å²) in [6, 6.07) is 5.12. The lowest BCUT2D eigenvalue weighted by Crippen LogP contribution is -2.30. The number of aromatic nitrogens is 1. The minimum Gasteiger partial charge on any atom is -0.449 e. The van der Waals surface area contributed by atoms with Crippen LogP contribution in [0.3, 0.4) is 0 Å². The van der Waals surface area contributed by atoms with E-state index in [-0.39, 0.29) is 21.3 Å². The Kier molecular flexibility index (Phi) is 6.01. The van der Waals surface area contributed by atoms with Gasteiger partial charge in [0.15, 0.2) is 11.9 Å². The molecule has 0 aliphatic heterocycles. The fourth-order valence-electron chi connectivity index (χ4n) is 1.88. The third-order valence-corrected chi connectivity index (χ3v) is 5.15. The molecule has 11 heteroatoms. The molecule has 0 saturated heterocycles. The standard InChI is InChI=1S/C15H16ClN3O6S/c1-8-6-13(19-25-8)18-14(20)9(2)24-15(21)10-4-5-11(16)12(7-10)26(22,23)17-3/h4-7,9,17H,1-3H3,(H,18,19,20)/t9-/m0/s1. The Balaban J connectivity index is 2.11. The molecule has 1 aromatic carbocycles. The zero-order chi connectivity index (χ0) is 19.5. The van der Waals surface area contributed by atoms with Crippen molar-refractivity contribution >= 4 is 39.3 Å². The van der Waals surface area contributed by atoms with Gasteiger partial charge >= 0.3 is 5.97 Å². The van der Waals surface area contributed by atoms with Crippen LogP contribution < -0.4 is 10.0 Å². The molecule has 0 saturated carbocycles. The highest BCUT2D eigenvalue weighted by Crippen LogP contribution is 2.23. The molecule has 1 heterocycles. The molecule has 2 aromatic rings. The molecule has 2 N–H and O–H groups in total. The maximum absolute atomic E-state index is 12.2. The highest BCUT2D eigenvalue weighted by molar-refractivity contribution is 7.89. The van der Waals surface area contributed by atoms with Crippen LogP contribution in [-0.4, -0.2) is 38.6 Å². The first-order valence-electron chi connectivity index (χ1n) is 7.32. The molecule has 0 aliphatic carbocycles. The fraction of sp³-hybridized carbons (Fsp3) is 0.267. The first kappa shape index (κ1) is 19.9. The summed E-state index contributed by atoms with van der Waals surface area (Å²) in [7, 11) is -2.64. The molecule has 9 nitrogen and oxygen atoms in total. The second-order valence-corrected chi connectivity index (χ2v) is 7.47. The van der Waals surface area contributed by atoms with Crippen molar-refractivity contribution in [1.29, 1.82) is 0 Å². The number of halogens is 1. The Morgan fingerprint density at radius 3 is 2.58 bits per heavy atom. The number of sulfonamides is 1. The molecule has 1 aromatic heterocycles. The van der Waals surface area contributed by atoms with Crippen LogP contribution in [0.5, 0.6) is 0 Å². The Hall–Kier alpha value is -2.43. The monoisotopic (exact) mass is 401 g/mol. The number of anilines is 1. The summed E-state index contributed by atoms with van der Waals surface area (Å²) in [6.45, 7) is 3.02. The van der Waals surface area contributed by atoms with Crippen molar-refractivity contribution in [3.63, 3.8) is 0 Å². The van der Waals surface area contributed by atoms with E-state index in [0.717, 1.165) is 6.07 Å². The summed E-state index contributed by atoms with van der Waals surface area (Å²) >= 11 is 5.86. The topological polar surface area (TPSA) is 128 Å². The van der Waals surface area contributed by atoms with Crippen molar-refractivity contribution < 1.29 is 27.3 Å². The van der Waals surface area contributed by atoms with Gasteiger partial charge in [-0.1, -0.05) is 16.8 Å². The van der Waals surface area contributed by atoms with Crippen LogP contribution in [0.25, 0.3) is 0 Å². The van der Waals surface area contributed by atoms with Gasteiger partial charge in [0, 0.05) is 6.07 Å². The number of carbonyl (C=O) groups is 2. The van der Waals surface area contributed by atoms with Gasteiger partial charge in [-0.15, -0.1) is 0 Å². The number of nitrogens with zero attached hydrogens (tertiary/aromatic N) is 1. The first-order valence-corrected chi connectivity index (χ1v) is 9.18. The first-order chi connectivity index (χ1) is 12.1. The number of esters is 1.